The number of para-hydroxylation sites is 1. The van der Waals surface area contributed by atoms with Crippen LogP contribution in [0.5, 0.6) is 0 Å². The van der Waals surface area contributed by atoms with Gasteiger partial charge in [-0.15, -0.1) is 11.3 Å². The zero-order chi connectivity index (χ0) is 24.0. The van der Waals surface area contributed by atoms with Crippen molar-refractivity contribution >= 4 is 45.7 Å². The Morgan fingerprint density at radius 3 is 2.55 bits per heavy atom. The Balaban J connectivity index is 1.70. The SMILES string of the molecule is COCCOC(=O)c1c(NC(=O)CNc2ccccc2C(=O)NC2CC2)sc(C(N)=O)c1C. The molecule has 3 amide bonds. The van der Waals surface area contributed by atoms with Crippen molar-refractivity contribution in [1.29, 1.82) is 0 Å². The van der Waals surface area contributed by atoms with E-state index in [0.717, 1.165) is 24.2 Å². The van der Waals surface area contributed by atoms with Gasteiger partial charge in [0, 0.05) is 18.8 Å². The van der Waals surface area contributed by atoms with Gasteiger partial charge in [-0.05, 0) is 37.5 Å². The summed E-state index contributed by atoms with van der Waals surface area (Å²) in [6.45, 7) is 1.61. The van der Waals surface area contributed by atoms with Crippen LogP contribution in [-0.2, 0) is 14.3 Å². The zero-order valence-corrected chi connectivity index (χ0v) is 19.2. The molecule has 1 aliphatic rings. The Kier molecular flexibility index (Phi) is 8.01. The number of esters is 1. The van der Waals surface area contributed by atoms with Gasteiger partial charge in [-0.3, -0.25) is 14.4 Å². The van der Waals surface area contributed by atoms with Crippen LogP contribution in [0.25, 0.3) is 0 Å². The Morgan fingerprint density at radius 2 is 1.88 bits per heavy atom. The second kappa shape index (κ2) is 10.9. The van der Waals surface area contributed by atoms with Crippen molar-refractivity contribution in [3.8, 4) is 0 Å². The van der Waals surface area contributed by atoms with E-state index in [1.54, 1.807) is 31.2 Å². The van der Waals surface area contributed by atoms with Crippen molar-refractivity contribution in [3.05, 3.63) is 45.8 Å². The molecule has 176 valence electrons. The van der Waals surface area contributed by atoms with E-state index in [2.05, 4.69) is 16.0 Å². The maximum Gasteiger partial charge on any atom is 0.341 e. The van der Waals surface area contributed by atoms with Gasteiger partial charge in [-0.25, -0.2) is 4.79 Å². The van der Waals surface area contributed by atoms with Crippen molar-refractivity contribution in [1.82, 2.24) is 5.32 Å². The number of anilines is 2. The van der Waals surface area contributed by atoms with Crippen molar-refractivity contribution in [2.24, 2.45) is 5.73 Å². The summed E-state index contributed by atoms with van der Waals surface area (Å²) in [5.74, 6) is -2.09. The molecule has 0 atom stereocenters. The van der Waals surface area contributed by atoms with Crippen LogP contribution in [0.3, 0.4) is 0 Å². The predicted molar refractivity (Wildman–Crippen MR) is 124 cm³/mol. The van der Waals surface area contributed by atoms with Crippen LogP contribution >= 0.6 is 11.3 Å². The summed E-state index contributed by atoms with van der Waals surface area (Å²) in [7, 11) is 1.47. The summed E-state index contributed by atoms with van der Waals surface area (Å²) in [5, 5.41) is 8.66. The highest BCUT2D eigenvalue weighted by molar-refractivity contribution is 7.18. The molecule has 1 aromatic heterocycles. The maximum absolute atomic E-state index is 12.6. The first kappa shape index (κ1) is 24.2. The van der Waals surface area contributed by atoms with Gasteiger partial charge in [0.15, 0.2) is 0 Å². The largest absolute Gasteiger partial charge is 0.460 e. The van der Waals surface area contributed by atoms with Gasteiger partial charge in [0.05, 0.1) is 29.2 Å². The summed E-state index contributed by atoms with van der Waals surface area (Å²) in [6.07, 6.45) is 1.93. The van der Waals surface area contributed by atoms with Crippen molar-refractivity contribution < 1.29 is 28.7 Å². The average molecular weight is 475 g/mol. The molecular weight excluding hydrogens is 448 g/mol. The Labute approximate surface area is 194 Å². The minimum absolute atomic E-state index is 0.0190. The van der Waals surface area contributed by atoms with Crippen molar-refractivity contribution in [2.45, 2.75) is 25.8 Å². The molecule has 2 aromatic rings. The Bertz CT molecular complexity index is 1060. The fraction of sp³-hybridized carbons (Fsp3) is 0.364. The molecule has 1 saturated carbocycles. The molecule has 11 heteroatoms. The summed E-state index contributed by atoms with van der Waals surface area (Å²) < 4.78 is 10.0. The fourth-order valence-corrected chi connectivity index (χ4v) is 4.11. The van der Waals surface area contributed by atoms with E-state index in [0.29, 0.717) is 16.8 Å². The average Bonchev–Trinajstić information content (AvgIpc) is 3.53. The smallest absolute Gasteiger partial charge is 0.341 e. The van der Waals surface area contributed by atoms with Gasteiger partial charge in [0.1, 0.15) is 11.6 Å². The molecule has 0 bridgehead atoms. The summed E-state index contributed by atoms with van der Waals surface area (Å²) in [5.41, 5.74) is 6.75. The summed E-state index contributed by atoms with van der Waals surface area (Å²) in [4.78, 5) is 49.5. The number of hydrogen-bond donors (Lipinski definition) is 4. The minimum Gasteiger partial charge on any atom is -0.460 e. The number of amides is 3. The van der Waals surface area contributed by atoms with Crippen LogP contribution in [0, 0.1) is 6.92 Å². The molecule has 0 aliphatic heterocycles. The van der Waals surface area contributed by atoms with Gasteiger partial charge in [0.2, 0.25) is 5.91 Å². The number of rotatable bonds is 11. The fourth-order valence-electron chi connectivity index (χ4n) is 3.04. The molecule has 33 heavy (non-hydrogen) atoms. The molecule has 1 fully saturated rings. The molecule has 1 heterocycles. The topological polar surface area (TPSA) is 149 Å². The van der Waals surface area contributed by atoms with Crippen molar-refractivity contribution in [2.75, 3.05) is 37.5 Å². The predicted octanol–water partition coefficient (Wildman–Crippen LogP) is 1.90. The number of benzene rings is 1. The quantitative estimate of drug-likeness (QED) is 0.287. The standard InChI is InChI=1S/C22H26N4O6S/c1-12-17(22(30)32-10-9-31-2)21(33-18(12)19(23)28)26-16(27)11-24-15-6-4-3-5-14(15)20(29)25-13-7-8-13/h3-6,13,24H,7-11H2,1-2H3,(H2,23,28)(H,25,29)(H,26,27). The Hall–Kier alpha value is -3.44. The van der Waals surface area contributed by atoms with Crippen LogP contribution in [-0.4, -0.2) is 56.6 Å². The number of methoxy groups -OCH3 is 1. The number of nitrogens with one attached hydrogen (secondary N) is 3. The lowest BCUT2D eigenvalue weighted by Crippen LogP contribution is -2.27. The van der Waals surface area contributed by atoms with Crippen LogP contribution in [0.1, 0.15) is 48.8 Å². The molecule has 0 spiro atoms. The third kappa shape index (κ3) is 6.30. The highest BCUT2D eigenvalue weighted by Gasteiger charge is 2.27. The zero-order valence-electron chi connectivity index (χ0n) is 18.4. The van der Waals surface area contributed by atoms with E-state index >= 15 is 0 Å². The van der Waals surface area contributed by atoms with Crippen molar-refractivity contribution in [3.63, 3.8) is 0 Å². The monoisotopic (exact) mass is 474 g/mol. The molecule has 1 aliphatic carbocycles. The molecular formula is C22H26N4O6S. The molecule has 5 N–H and O–H groups in total. The summed E-state index contributed by atoms with van der Waals surface area (Å²) in [6, 6.07) is 7.08. The van der Waals surface area contributed by atoms with Gasteiger partial charge in [-0.1, -0.05) is 12.1 Å². The van der Waals surface area contributed by atoms with Crippen LogP contribution in [0.2, 0.25) is 0 Å². The lowest BCUT2D eigenvalue weighted by molar-refractivity contribution is -0.114. The third-order valence-corrected chi connectivity index (χ3v) is 6.09. The first-order chi connectivity index (χ1) is 15.8. The highest BCUT2D eigenvalue weighted by Crippen LogP contribution is 2.33. The number of primary amides is 1. The summed E-state index contributed by atoms with van der Waals surface area (Å²) >= 11 is 0.903. The number of carbonyl (C=O) groups is 4. The van der Waals surface area contributed by atoms with Crippen LogP contribution in [0.15, 0.2) is 24.3 Å². The molecule has 0 saturated heterocycles. The number of nitrogens with two attached hydrogens (primary N) is 1. The Morgan fingerprint density at radius 1 is 1.15 bits per heavy atom. The second-order valence-electron chi connectivity index (χ2n) is 7.45. The van der Waals surface area contributed by atoms with Gasteiger partial charge >= 0.3 is 5.97 Å². The van der Waals surface area contributed by atoms with E-state index in [9.17, 15) is 19.2 Å². The van der Waals surface area contributed by atoms with Crippen LogP contribution in [0.4, 0.5) is 10.7 Å². The first-order valence-corrected chi connectivity index (χ1v) is 11.2. The van der Waals surface area contributed by atoms with Gasteiger partial charge < -0.3 is 31.2 Å². The normalized spacial score (nSPS) is 12.7. The van der Waals surface area contributed by atoms with E-state index < -0.39 is 17.8 Å². The highest BCUT2D eigenvalue weighted by atomic mass is 32.1. The van der Waals surface area contributed by atoms with Gasteiger partial charge in [0.25, 0.3) is 11.8 Å². The first-order valence-electron chi connectivity index (χ1n) is 10.3. The third-order valence-electron chi connectivity index (χ3n) is 4.87. The number of ether oxygens (including phenoxy) is 2. The lowest BCUT2D eigenvalue weighted by atomic mass is 10.1. The van der Waals surface area contributed by atoms with E-state index in [1.807, 2.05) is 0 Å². The second-order valence-corrected chi connectivity index (χ2v) is 8.47. The molecule has 1 aromatic carbocycles. The number of hydrogen-bond acceptors (Lipinski definition) is 8. The van der Waals surface area contributed by atoms with E-state index in [4.69, 9.17) is 15.2 Å². The van der Waals surface area contributed by atoms with E-state index in [1.165, 1.54) is 7.11 Å². The molecule has 3 rings (SSSR count). The number of thiophene rings is 1. The molecule has 0 radical (unpaired) electrons. The minimum atomic E-state index is -0.710. The van der Waals surface area contributed by atoms with Gasteiger partial charge in [-0.2, -0.15) is 0 Å². The molecule has 10 nitrogen and oxygen atoms in total. The van der Waals surface area contributed by atoms with E-state index in [-0.39, 0.29) is 47.1 Å². The number of carbonyl (C=O) groups excluding carboxylic acids is 4. The van der Waals surface area contributed by atoms with Crippen LogP contribution < -0.4 is 21.7 Å². The lowest BCUT2D eigenvalue weighted by Gasteiger charge is -2.12. The molecule has 0 unspecified atom stereocenters. The maximum atomic E-state index is 12.6.